The van der Waals surface area contributed by atoms with Gasteiger partial charge in [-0.3, -0.25) is 9.59 Å². The molecule has 2 heterocycles. The number of amides is 2. The predicted molar refractivity (Wildman–Crippen MR) is 105 cm³/mol. The molecule has 0 bridgehead atoms. The van der Waals surface area contributed by atoms with Gasteiger partial charge >= 0.3 is 0 Å². The lowest BCUT2D eigenvalue weighted by Gasteiger charge is -2.02. The number of carbonyl (C=O) groups excluding carboxylic acids is 2. The molecule has 6 nitrogen and oxygen atoms in total. The number of thiophene rings is 2. The summed E-state index contributed by atoms with van der Waals surface area (Å²) in [6.45, 7) is 0. The summed E-state index contributed by atoms with van der Waals surface area (Å²) in [6, 6.07) is 10.0. The van der Waals surface area contributed by atoms with Gasteiger partial charge in [0, 0.05) is 22.3 Å². The Balaban J connectivity index is 1.53. The lowest BCUT2D eigenvalue weighted by Crippen LogP contribution is -2.19. The highest BCUT2D eigenvalue weighted by molar-refractivity contribution is 7.08. The topological polar surface area (TPSA) is 82.9 Å². The fraction of sp³-hybridized carbons (Fsp3) is 0. The quantitative estimate of drug-likeness (QED) is 0.506. The van der Waals surface area contributed by atoms with E-state index in [0.717, 1.165) is 11.1 Å². The number of benzene rings is 1. The van der Waals surface area contributed by atoms with Crippen molar-refractivity contribution in [3.05, 3.63) is 80.2 Å². The Kier molecular flexibility index (Phi) is 6.02. The Morgan fingerprint density at radius 1 is 0.731 bits per heavy atom. The second-order valence-electron chi connectivity index (χ2n) is 5.09. The van der Waals surface area contributed by atoms with Crippen molar-refractivity contribution in [1.29, 1.82) is 0 Å². The minimum absolute atomic E-state index is 0.348. The highest BCUT2D eigenvalue weighted by atomic mass is 32.1. The zero-order valence-electron chi connectivity index (χ0n) is 13.5. The van der Waals surface area contributed by atoms with E-state index in [2.05, 4.69) is 21.1 Å². The number of rotatable bonds is 6. The molecule has 0 aliphatic carbocycles. The number of hydrogen-bond donors (Lipinski definition) is 2. The molecule has 3 rings (SSSR count). The van der Waals surface area contributed by atoms with Gasteiger partial charge in [0.2, 0.25) is 0 Å². The maximum atomic E-state index is 12.0. The van der Waals surface area contributed by atoms with Crippen molar-refractivity contribution in [3.8, 4) is 0 Å². The highest BCUT2D eigenvalue weighted by Crippen LogP contribution is 2.06. The second-order valence-corrected chi connectivity index (χ2v) is 6.65. The van der Waals surface area contributed by atoms with Gasteiger partial charge in [-0.2, -0.15) is 32.9 Å². The van der Waals surface area contributed by atoms with Gasteiger partial charge in [-0.25, -0.2) is 10.9 Å². The van der Waals surface area contributed by atoms with Crippen molar-refractivity contribution >= 4 is 46.9 Å². The van der Waals surface area contributed by atoms with Gasteiger partial charge in [-0.15, -0.1) is 0 Å². The summed E-state index contributed by atoms with van der Waals surface area (Å²) >= 11 is 3.11. The van der Waals surface area contributed by atoms with E-state index < -0.39 is 0 Å². The third kappa shape index (κ3) is 4.95. The van der Waals surface area contributed by atoms with Crippen LogP contribution in [0.3, 0.4) is 0 Å². The Morgan fingerprint density at radius 2 is 1.15 bits per heavy atom. The van der Waals surface area contributed by atoms with Crippen molar-refractivity contribution in [2.24, 2.45) is 10.2 Å². The van der Waals surface area contributed by atoms with Crippen LogP contribution < -0.4 is 10.9 Å². The van der Waals surface area contributed by atoms with E-state index in [1.165, 1.54) is 0 Å². The number of nitrogens with one attached hydrogen (secondary N) is 2. The number of nitrogens with zero attached hydrogens (tertiary/aromatic N) is 2. The van der Waals surface area contributed by atoms with E-state index >= 15 is 0 Å². The van der Waals surface area contributed by atoms with Crippen molar-refractivity contribution in [2.75, 3.05) is 0 Å². The molecule has 3 aromatic rings. The smallest absolute Gasteiger partial charge is 0.267 e. The summed E-state index contributed by atoms with van der Waals surface area (Å²) in [6.07, 6.45) is 3.14. The summed E-state index contributed by atoms with van der Waals surface area (Å²) in [4.78, 5) is 24.0. The Labute approximate surface area is 157 Å². The fourth-order valence-electron chi connectivity index (χ4n) is 1.93. The molecule has 0 radical (unpaired) electrons. The third-order valence-electron chi connectivity index (χ3n) is 3.26. The van der Waals surface area contributed by atoms with Crippen LogP contribution in [0.2, 0.25) is 0 Å². The van der Waals surface area contributed by atoms with E-state index in [0.29, 0.717) is 11.1 Å². The molecule has 0 aliphatic heterocycles. The average molecular weight is 382 g/mol. The lowest BCUT2D eigenvalue weighted by molar-refractivity contribution is 0.0943. The van der Waals surface area contributed by atoms with Crippen LogP contribution in [0, 0.1) is 0 Å². The molecule has 26 heavy (non-hydrogen) atoms. The first-order valence-corrected chi connectivity index (χ1v) is 9.42. The van der Waals surface area contributed by atoms with Gasteiger partial charge in [0.1, 0.15) is 0 Å². The number of hydrazone groups is 2. The van der Waals surface area contributed by atoms with Crippen LogP contribution >= 0.6 is 22.7 Å². The van der Waals surface area contributed by atoms with Crippen molar-refractivity contribution < 1.29 is 9.59 Å². The van der Waals surface area contributed by atoms with E-state index in [1.807, 2.05) is 33.7 Å². The SMILES string of the molecule is O=C(NN=Cc1ccsc1)c1ccc(C(=O)NN=Cc2ccsc2)cc1. The van der Waals surface area contributed by atoms with Gasteiger partial charge in [-0.05, 0) is 57.9 Å². The lowest BCUT2D eigenvalue weighted by atomic mass is 10.1. The Morgan fingerprint density at radius 3 is 1.50 bits per heavy atom. The first-order chi connectivity index (χ1) is 12.7. The molecule has 2 amide bonds. The van der Waals surface area contributed by atoms with E-state index in [4.69, 9.17) is 0 Å². The highest BCUT2D eigenvalue weighted by Gasteiger charge is 2.08. The monoisotopic (exact) mass is 382 g/mol. The molecule has 0 fully saturated rings. The average Bonchev–Trinajstić information content (AvgIpc) is 3.36. The summed E-state index contributed by atoms with van der Waals surface area (Å²) in [5.41, 5.74) is 7.56. The predicted octanol–water partition coefficient (Wildman–Crippen LogP) is 3.34. The molecule has 0 spiro atoms. The van der Waals surface area contributed by atoms with E-state index in [1.54, 1.807) is 59.4 Å². The van der Waals surface area contributed by atoms with Crippen LogP contribution in [-0.2, 0) is 0 Å². The van der Waals surface area contributed by atoms with Gasteiger partial charge < -0.3 is 0 Å². The van der Waals surface area contributed by atoms with Crippen molar-refractivity contribution in [2.45, 2.75) is 0 Å². The summed E-state index contributed by atoms with van der Waals surface area (Å²) in [7, 11) is 0. The minimum atomic E-state index is -0.348. The van der Waals surface area contributed by atoms with Crippen LogP contribution in [0.25, 0.3) is 0 Å². The summed E-state index contributed by atoms with van der Waals surface area (Å²) in [5, 5.41) is 15.5. The molecule has 0 unspecified atom stereocenters. The standard InChI is InChI=1S/C18H14N4O2S2/c23-17(21-19-9-13-5-7-25-11-13)15-1-2-16(4-3-15)18(24)22-20-10-14-6-8-26-12-14/h1-12H,(H,21,23)(H,22,24). The first kappa shape index (κ1) is 17.7. The molecule has 1 aromatic carbocycles. The number of carbonyl (C=O) groups is 2. The summed E-state index contributed by atoms with van der Waals surface area (Å²) < 4.78 is 0. The fourth-order valence-corrected chi connectivity index (χ4v) is 3.15. The maximum Gasteiger partial charge on any atom is 0.271 e. The van der Waals surface area contributed by atoms with Crippen LogP contribution in [0.4, 0.5) is 0 Å². The van der Waals surface area contributed by atoms with Gasteiger partial charge in [0.05, 0.1) is 12.4 Å². The van der Waals surface area contributed by atoms with E-state index in [9.17, 15) is 9.59 Å². The minimum Gasteiger partial charge on any atom is -0.267 e. The first-order valence-electron chi connectivity index (χ1n) is 7.53. The molecule has 2 N–H and O–H groups in total. The molecule has 2 aromatic heterocycles. The number of hydrogen-bond acceptors (Lipinski definition) is 6. The Bertz CT molecular complexity index is 838. The zero-order chi connectivity index (χ0) is 18.2. The molecule has 130 valence electrons. The summed E-state index contributed by atoms with van der Waals surface area (Å²) in [5.74, 6) is -0.696. The van der Waals surface area contributed by atoms with Crippen molar-refractivity contribution in [3.63, 3.8) is 0 Å². The Hall–Kier alpha value is -3.10. The molecule has 0 saturated heterocycles. The normalized spacial score (nSPS) is 11.1. The van der Waals surface area contributed by atoms with Gasteiger partial charge in [0.25, 0.3) is 11.8 Å². The second kappa shape index (κ2) is 8.84. The van der Waals surface area contributed by atoms with Crippen LogP contribution in [-0.4, -0.2) is 24.2 Å². The molecule has 0 atom stereocenters. The largest absolute Gasteiger partial charge is 0.271 e. The van der Waals surface area contributed by atoms with Gasteiger partial charge in [-0.1, -0.05) is 0 Å². The third-order valence-corrected chi connectivity index (χ3v) is 4.66. The van der Waals surface area contributed by atoms with Crippen LogP contribution in [0.15, 0.2) is 68.1 Å². The van der Waals surface area contributed by atoms with Crippen LogP contribution in [0.1, 0.15) is 31.8 Å². The molecular formula is C18H14N4O2S2. The molecule has 0 saturated carbocycles. The van der Waals surface area contributed by atoms with E-state index in [-0.39, 0.29) is 11.8 Å². The maximum absolute atomic E-state index is 12.0. The molecular weight excluding hydrogens is 368 g/mol. The zero-order valence-corrected chi connectivity index (χ0v) is 15.1. The van der Waals surface area contributed by atoms with Crippen LogP contribution in [0.5, 0.6) is 0 Å². The molecule has 8 heteroatoms. The molecule has 0 aliphatic rings. The van der Waals surface area contributed by atoms with Gasteiger partial charge in [0.15, 0.2) is 0 Å². The van der Waals surface area contributed by atoms with Crippen molar-refractivity contribution in [1.82, 2.24) is 10.9 Å².